The Hall–Kier alpha value is -0.720. The van der Waals surface area contributed by atoms with Gasteiger partial charge < -0.3 is 4.90 Å². The smallest absolute Gasteiger partial charge is 0.0392 e. The Kier molecular flexibility index (Phi) is 1.83. The lowest BCUT2D eigenvalue weighted by Gasteiger charge is -2.34. The van der Waals surface area contributed by atoms with Gasteiger partial charge in [-0.05, 0) is 20.8 Å². The molecule has 0 aromatic carbocycles. The highest BCUT2D eigenvalue weighted by Crippen LogP contribution is 2.30. The van der Waals surface area contributed by atoms with Crippen molar-refractivity contribution in [3.63, 3.8) is 0 Å². The van der Waals surface area contributed by atoms with Crippen LogP contribution < -0.4 is 0 Å². The molecule has 0 aromatic rings. The van der Waals surface area contributed by atoms with Crippen LogP contribution in [0, 0.1) is 0 Å². The fraction of sp³-hybridized carbons (Fsp3) is 0.600. The molecular formula is C10H17N. The Bertz CT molecular complexity index is 195. The Morgan fingerprint density at radius 1 is 1.27 bits per heavy atom. The van der Waals surface area contributed by atoms with E-state index in [0.29, 0.717) is 0 Å². The summed E-state index contributed by atoms with van der Waals surface area (Å²) in [5, 5.41) is 0. The molecule has 11 heavy (non-hydrogen) atoms. The van der Waals surface area contributed by atoms with Gasteiger partial charge in [0.2, 0.25) is 0 Å². The molecule has 0 N–H and O–H groups in total. The second kappa shape index (κ2) is 2.40. The number of rotatable bonds is 0. The van der Waals surface area contributed by atoms with Gasteiger partial charge in [0.05, 0.1) is 0 Å². The van der Waals surface area contributed by atoms with E-state index in [0.717, 1.165) is 13.0 Å². The van der Waals surface area contributed by atoms with E-state index in [4.69, 9.17) is 0 Å². The van der Waals surface area contributed by atoms with Crippen molar-refractivity contribution in [1.82, 2.24) is 4.90 Å². The fourth-order valence-corrected chi connectivity index (χ4v) is 1.49. The molecule has 0 spiro atoms. The van der Waals surface area contributed by atoms with E-state index in [1.807, 2.05) is 0 Å². The van der Waals surface area contributed by atoms with Crippen molar-refractivity contribution in [2.24, 2.45) is 0 Å². The fourth-order valence-electron chi connectivity index (χ4n) is 1.49. The maximum absolute atomic E-state index is 4.02. The Morgan fingerprint density at radius 3 is 2.00 bits per heavy atom. The van der Waals surface area contributed by atoms with Crippen molar-refractivity contribution in [2.45, 2.75) is 32.7 Å². The molecule has 0 unspecified atom stereocenters. The maximum Gasteiger partial charge on any atom is 0.0392 e. The molecule has 1 aliphatic rings. The van der Waals surface area contributed by atoms with Crippen LogP contribution in [0.15, 0.2) is 24.4 Å². The van der Waals surface area contributed by atoms with Gasteiger partial charge in [-0.3, -0.25) is 0 Å². The molecule has 1 nitrogen and oxygen atoms in total. The molecule has 1 saturated heterocycles. The molecule has 0 aromatic heterocycles. The lowest BCUT2D eigenvalue weighted by molar-refractivity contribution is 0.219. The monoisotopic (exact) mass is 151 g/mol. The quantitative estimate of drug-likeness (QED) is 0.481. The number of allylic oxidation sites excluding steroid dienone is 1. The summed E-state index contributed by atoms with van der Waals surface area (Å²) >= 11 is 0. The second-order valence-corrected chi connectivity index (χ2v) is 4.25. The zero-order valence-electron chi connectivity index (χ0n) is 7.78. The normalized spacial score (nSPS) is 19.7. The summed E-state index contributed by atoms with van der Waals surface area (Å²) in [5.41, 5.74) is 2.70. The van der Waals surface area contributed by atoms with Crippen LogP contribution in [0.3, 0.4) is 0 Å². The van der Waals surface area contributed by atoms with Gasteiger partial charge >= 0.3 is 0 Å². The minimum absolute atomic E-state index is 0.205. The van der Waals surface area contributed by atoms with Crippen LogP contribution in [0.2, 0.25) is 0 Å². The Balaban J connectivity index is 2.76. The van der Waals surface area contributed by atoms with Crippen molar-refractivity contribution >= 4 is 0 Å². The summed E-state index contributed by atoms with van der Waals surface area (Å²) in [5.74, 6) is 0. The summed E-state index contributed by atoms with van der Waals surface area (Å²) in [6.07, 6.45) is 0.983. The summed E-state index contributed by atoms with van der Waals surface area (Å²) in [6, 6.07) is 0. The largest absolute Gasteiger partial charge is 0.366 e. The van der Waals surface area contributed by atoms with Crippen LogP contribution in [-0.2, 0) is 0 Å². The third-order valence-corrected chi connectivity index (χ3v) is 2.03. The Labute approximate surface area is 69.4 Å². The van der Waals surface area contributed by atoms with Gasteiger partial charge in [-0.1, -0.05) is 18.7 Å². The molecule has 0 aliphatic carbocycles. The summed E-state index contributed by atoms with van der Waals surface area (Å²) in [7, 11) is 0. The van der Waals surface area contributed by atoms with Gasteiger partial charge in [0, 0.05) is 24.2 Å². The minimum Gasteiger partial charge on any atom is -0.366 e. The number of hydrogen-bond donors (Lipinski definition) is 0. The standard InChI is InChI=1S/C10H17N/c1-8-6-9(2)11(7-8)10(3,4)5/h1-2,6-7H2,3-5H3. The molecule has 1 fully saturated rings. The summed E-state index contributed by atoms with van der Waals surface area (Å²) < 4.78 is 0. The van der Waals surface area contributed by atoms with E-state index in [2.05, 4.69) is 38.8 Å². The first-order chi connectivity index (χ1) is 4.91. The van der Waals surface area contributed by atoms with Crippen molar-refractivity contribution < 1.29 is 0 Å². The van der Waals surface area contributed by atoms with Crippen molar-refractivity contribution in [1.29, 1.82) is 0 Å². The highest BCUT2D eigenvalue weighted by atomic mass is 15.2. The average molecular weight is 151 g/mol. The molecule has 62 valence electrons. The van der Waals surface area contributed by atoms with Gasteiger partial charge in [0.15, 0.2) is 0 Å². The van der Waals surface area contributed by atoms with Crippen molar-refractivity contribution in [2.75, 3.05) is 6.54 Å². The van der Waals surface area contributed by atoms with Gasteiger partial charge in [-0.25, -0.2) is 0 Å². The minimum atomic E-state index is 0.205. The van der Waals surface area contributed by atoms with Crippen LogP contribution in [0.25, 0.3) is 0 Å². The van der Waals surface area contributed by atoms with E-state index >= 15 is 0 Å². The molecule has 0 amide bonds. The summed E-state index contributed by atoms with van der Waals surface area (Å²) in [4.78, 5) is 2.31. The molecule has 0 bridgehead atoms. The van der Waals surface area contributed by atoms with Gasteiger partial charge in [-0.15, -0.1) is 0 Å². The van der Waals surface area contributed by atoms with Gasteiger partial charge in [0.1, 0.15) is 0 Å². The van der Waals surface area contributed by atoms with E-state index in [1.165, 1.54) is 11.3 Å². The highest BCUT2D eigenvalue weighted by Gasteiger charge is 2.27. The van der Waals surface area contributed by atoms with E-state index in [9.17, 15) is 0 Å². The third kappa shape index (κ3) is 1.65. The van der Waals surface area contributed by atoms with Crippen molar-refractivity contribution in [3.05, 3.63) is 24.4 Å². The molecule has 0 radical (unpaired) electrons. The molecule has 1 heteroatoms. The zero-order valence-corrected chi connectivity index (χ0v) is 7.78. The van der Waals surface area contributed by atoms with Crippen molar-refractivity contribution in [3.8, 4) is 0 Å². The highest BCUT2D eigenvalue weighted by molar-refractivity contribution is 5.21. The first-order valence-corrected chi connectivity index (χ1v) is 4.03. The molecule has 1 rings (SSSR count). The van der Waals surface area contributed by atoms with Crippen LogP contribution in [0.5, 0.6) is 0 Å². The lowest BCUT2D eigenvalue weighted by atomic mass is 10.1. The predicted octanol–water partition coefficient (Wildman–Crippen LogP) is 2.56. The third-order valence-electron chi connectivity index (χ3n) is 2.03. The Morgan fingerprint density at radius 2 is 1.82 bits per heavy atom. The topological polar surface area (TPSA) is 3.24 Å². The molecule has 1 aliphatic heterocycles. The number of nitrogens with zero attached hydrogens (tertiary/aromatic N) is 1. The first-order valence-electron chi connectivity index (χ1n) is 4.03. The average Bonchev–Trinajstić information content (AvgIpc) is 2.08. The van der Waals surface area contributed by atoms with Crippen LogP contribution in [-0.4, -0.2) is 17.0 Å². The van der Waals surface area contributed by atoms with Gasteiger partial charge in [-0.2, -0.15) is 0 Å². The lowest BCUT2D eigenvalue weighted by Crippen LogP contribution is -2.37. The number of hydrogen-bond acceptors (Lipinski definition) is 1. The van der Waals surface area contributed by atoms with Gasteiger partial charge in [0.25, 0.3) is 0 Å². The molecule has 0 saturated carbocycles. The second-order valence-electron chi connectivity index (χ2n) is 4.25. The van der Waals surface area contributed by atoms with Crippen LogP contribution >= 0.6 is 0 Å². The zero-order chi connectivity index (χ0) is 8.65. The molecule has 1 heterocycles. The first kappa shape index (κ1) is 8.38. The maximum atomic E-state index is 4.02. The molecular weight excluding hydrogens is 134 g/mol. The van der Waals surface area contributed by atoms with E-state index in [1.54, 1.807) is 0 Å². The van der Waals surface area contributed by atoms with E-state index in [-0.39, 0.29) is 5.54 Å². The molecule has 0 atom stereocenters. The SMILES string of the molecule is C=C1CC(=C)N(C(C)(C)C)C1. The van der Waals surface area contributed by atoms with E-state index < -0.39 is 0 Å². The summed E-state index contributed by atoms with van der Waals surface area (Å²) in [6.45, 7) is 15.6. The van der Waals surface area contributed by atoms with Crippen LogP contribution in [0.1, 0.15) is 27.2 Å². The predicted molar refractivity (Wildman–Crippen MR) is 49.4 cm³/mol. The van der Waals surface area contributed by atoms with Crippen LogP contribution in [0.4, 0.5) is 0 Å². The number of likely N-dealkylation sites (tertiary alicyclic amines) is 1.